The fourth-order valence-corrected chi connectivity index (χ4v) is 4.39. The van der Waals surface area contributed by atoms with Crippen LogP contribution in [0.25, 0.3) is 10.1 Å². The summed E-state index contributed by atoms with van der Waals surface area (Å²) in [5, 5.41) is 22.5. The summed E-state index contributed by atoms with van der Waals surface area (Å²) in [5.41, 5.74) is 1.29. The largest absolute Gasteiger partial charge is 0.396 e. The Morgan fingerprint density at radius 3 is 2.92 bits per heavy atom. The standard InChI is InChI=1S/C21H27NO3S/c23-13-5-1-4-12-22-17(14-21(22)25)9-11-18(24)10-8-16-15-26-20-7-3-2-6-19(16)20/h2-3,6-7,9,11,15,17-18,23-24H,1,4-5,8,10,12-14H2/b11-9+/t17-,18?/m0/s1. The van der Waals surface area contributed by atoms with Gasteiger partial charge in [0.2, 0.25) is 5.91 Å². The number of benzene rings is 1. The number of hydrogen-bond donors (Lipinski definition) is 2. The summed E-state index contributed by atoms with van der Waals surface area (Å²) in [4.78, 5) is 13.6. The molecule has 2 N–H and O–H groups in total. The van der Waals surface area contributed by atoms with E-state index in [1.807, 2.05) is 17.1 Å². The van der Waals surface area contributed by atoms with Crippen molar-refractivity contribution in [1.82, 2.24) is 4.90 Å². The molecule has 26 heavy (non-hydrogen) atoms. The highest BCUT2D eigenvalue weighted by molar-refractivity contribution is 7.17. The van der Waals surface area contributed by atoms with Gasteiger partial charge in [-0.05, 0) is 54.5 Å². The number of aryl methyl sites for hydroxylation is 1. The quantitative estimate of drug-likeness (QED) is 0.381. The number of likely N-dealkylation sites (tertiary alicyclic amines) is 1. The summed E-state index contributed by atoms with van der Waals surface area (Å²) in [7, 11) is 0. The molecule has 1 aromatic heterocycles. The summed E-state index contributed by atoms with van der Waals surface area (Å²) in [5.74, 6) is 0.183. The first-order chi connectivity index (χ1) is 12.7. The van der Waals surface area contributed by atoms with Crippen molar-refractivity contribution < 1.29 is 15.0 Å². The molecule has 1 aliphatic rings. The Morgan fingerprint density at radius 2 is 2.12 bits per heavy atom. The molecule has 2 atom stereocenters. The molecule has 2 heterocycles. The van der Waals surface area contributed by atoms with Crippen molar-refractivity contribution in [2.75, 3.05) is 13.2 Å². The van der Waals surface area contributed by atoms with E-state index < -0.39 is 6.10 Å². The second-order valence-electron chi connectivity index (χ2n) is 6.89. The van der Waals surface area contributed by atoms with E-state index in [4.69, 9.17) is 5.11 Å². The van der Waals surface area contributed by atoms with E-state index in [0.717, 1.165) is 32.2 Å². The summed E-state index contributed by atoms with van der Waals surface area (Å²) in [6.45, 7) is 0.952. The summed E-state index contributed by atoms with van der Waals surface area (Å²) < 4.78 is 1.29. The second-order valence-corrected chi connectivity index (χ2v) is 7.80. The van der Waals surface area contributed by atoms with Crippen LogP contribution < -0.4 is 0 Å². The zero-order valence-corrected chi connectivity index (χ0v) is 15.8. The molecule has 1 saturated heterocycles. The predicted molar refractivity (Wildman–Crippen MR) is 106 cm³/mol. The minimum atomic E-state index is -0.486. The summed E-state index contributed by atoms with van der Waals surface area (Å²) >= 11 is 1.75. The third-order valence-electron chi connectivity index (χ3n) is 4.99. The van der Waals surface area contributed by atoms with Crippen LogP contribution in [0.1, 0.15) is 37.7 Å². The molecule has 3 rings (SSSR count). The van der Waals surface area contributed by atoms with E-state index in [-0.39, 0.29) is 18.6 Å². The van der Waals surface area contributed by atoms with E-state index in [9.17, 15) is 9.90 Å². The van der Waals surface area contributed by atoms with Gasteiger partial charge < -0.3 is 15.1 Å². The van der Waals surface area contributed by atoms with Crippen molar-refractivity contribution in [2.45, 2.75) is 50.7 Å². The molecule has 0 radical (unpaired) electrons. The van der Waals surface area contributed by atoms with Gasteiger partial charge in [0, 0.05) is 17.9 Å². The van der Waals surface area contributed by atoms with Gasteiger partial charge in [-0.3, -0.25) is 4.79 Å². The fourth-order valence-electron chi connectivity index (χ4n) is 3.39. The Hall–Kier alpha value is -1.69. The first-order valence-corrected chi connectivity index (χ1v) is 10.3. The highest BCUT2D eigenvalue weighted by Crippen LogP contribution is 2.27. The molecule has 1 unspecified atom stereocenters. The topological polar surface area (TPSA) is 60.8 Å². The SMILES string of the molecule is O=C1C[C@H](/C=C/C(O)CCc2csc3ccccc23)N1CCCCCO. The molecule has 1 aliphatic heterocycles. The Labute approximate surface area is 158 Å². The van der Waals surface area contributed by atoms with E-state index >= 15 is 0 Å². The van der Waals surface area contributed by atoms with Crippen LogP contribution in [-0.4, -0.2) is 46.3 Å². The lowest BCUT2D eigenvalue weighted by atomic mass is 9.99. The Kier molecular flexibility index (Phi) is 6.83. The van der Waals surface area contributed by atoms with Gasteiger partial charge in [-0.1, -0.05) is 30.4 Å². The number of amides is 1. The molecule has 1 fully saturated rings. The molecule has 2 aromatic rings. The maximum atomic E-state index is 11.7. The molecule has 140 valence electrons. The Balaban J connectivity index is 1.45. The molecule has 0 saturated carbocycles. The molecule has 5 heteroatoms. The van der Waals surface area contributed by atoms with Gasteiger partial charge in [0.25, 0.3) is 0 Å². The van der Waals surface area contributed by atoms with Crippen LogP contribution in [0.4, 0.5) is 0 Å². The van der Waals surface area contributed by atoms with E-state index in [2.05, 4.69) is 29.6 Å². The molecule has 0 aliphatic carbocycles. The molecular formula is C21H27NO3S. The number of nitrogens with zero attached hydrogens (tertiary/aromatic N) is 1. The van der Waals surface area contributed by atoms with Gasteiger partial charge in [-0.15, -0.1) is 11.3 Å². The average molecular weight is 374 g/mol. The average Bonchev–Trinajstić information content (AvgIpc) is 3.06. The van der Waals surface area contributed by atoms with Crippen LogP contribution in [0.3, 0.4) is 0 Å². The third kappa shape index (κ3) is 4.72. The minimum Gasteiger partial charge on any atom is -0.396 e. The normalized spacial score (nSPS) is 18.6. The van der Waals surface area contributed by atoms with Gasteiger partial charge in [-0.25, -0.2) is 0 Å². The Bertz CT molecular complexity index is 755. The Morgan fingerprint density at radius 1 is 1.27 bits per heavy atom. The minimum absolute atomic E-state index is 0.119. The zero-order valence-electron chi connectivity index (χ0n) is 15.0. The smallest absolute Gasteiger partial charge is 0.225 e. The van der Waals surface area contributed by atoms with Crippen molar-refractivity contribution >= 4 is 27.3 Å². The predicted octanol–water partition coefficient (Wildman–Crippen LogP) is 3.51. The van der Waals surface area contributed by atoms with Crippen LogP contribution in [0.5, 0.6) is 0 Å². The molecule has 1 aromatic carbocycles. The van der Waals surface area contributed by atoms with Crippen molar-refractivity contribution in [1.29, 1.82) is 0 Å². The number of thiophene rings is 1. The number of β-lactam (4-membered cyclic amide) rings is 1. The van der Waals surface area contributed by atoms with Gasteiger partial charge >= 0.3 is 0 Å². The van der Waals surface area contributed by atoms with Crippen LogP contribution in [0, 0.1) is 0 Å². The van der Waals surface area contributed by atoms with E-state index in [1.165, 1.54) is 15.6 Å². The molecule has 0 bridgehead atoms. The lowest BCUT2D eigenvalue weighted by molar-refractivity contribution is -0.143. The van der Waals surface area contributed by atoms with Gasteiger partial charge in [0.15, 0.2) is 0 Å². The van der Waals surface area contributed by atoms with Gasteiger partial charge in [0.05, 0.1) is 18.6 Å². The number of aliphatic hydroxyl groups excluding tert-OH is 2. The maximum Gasteiger partial charge on any atom is 0.225 e. The molecule has 1 amide bonds. The number of unbranched alkanes of at least 4 members (excludes halogenated alkanes) is 2. The van der Waals surface area contributed by atoms with Crippen LogP contribution in [0.2, 0.25) is 0 Å². The lowest BCUT2D eigenvalue weighted by Gasteiger charge is -2.39. The number of hydrogen-bond acceptors (Lipinski definition) is 4. The molecule has 0 spiro atoms. The first-order valence-electron chi connectivity index (χ1n) is 9.41. The summed E-state index contributed by atoms with van der Waals surface area (Å²) in [6.07, 6.45) is 8.06. The van der Waals surface area contributed by atoms with Crippen molar-refractivity contribution in [3.63, 3.8) is 0 Å². The highest BCUT2D eigenvalue weighted by Gasteiger charge is 2.33. The highest BCUT2D eigenvalue weighted by atomic mass is 32.1. The van der Waals surface area contributed by atoms with Crippen molar-refractivity contribution in [2.24, 2.45) is 0 Å². The second kappa shape index (κ2) is 9.31. The first kappa shape index (κ1) is 19.1. The van der Waals surface area contributed by atoms with Crippen LogP contribution in [-0.2, 0) is 11.2 Å². The number of aliphatic hydroxyl groups is 2. The maximum absolute atomic E-state index is 11.7. The van der Waals surface area contributed by atoms with Crippen molar-refractivity contribution in [3.05, 3.63) is 47.4 Å². The number of carbonyl (C=O) groups excluding carboxylic acids is 1. The van der Waals surface area contributed by atoms with E-state index in [1.54, 1.807) is 11.3 Å². The van der Waals surface area contributed by atoms with Crippen LogP contribution in [0.15, 0.2) is 41.8 Å². The molecule has 4 nitrogen and oxygen atoms in total. The number of fused-ring (bicyclic) bond motifs is 1. The van der Waals surface area contributed by atoms with Crippen LogP contribution >= 0.6 is 11.3 Å². The van der Waals surface area contributed by atoms with E-state index in [0.29, 0.717) is 12.8 Å². The number of rotatable bonds is 10. The zero-order chi connectivity index (χ0) is 18.4. The number of carbonyl (C=O) groups is 1. The molecular weight excluding hydrogens is 346 g/mol. The monoisotopic (exact) mass is 373 g/mol. The van der Waals surface area contributed by atoms with Gasteiger partial charge in [0.1, 0.15) is 0 Å². The third-order valence-corrected chi connectivity index (χ3v) is 6.00. The lowest BCUT2D eigenvalue weighted by Crippen LogP contribution is -2.51. The summed E-state index contributed by atoms with van der Waals surface area (Å²) in [6, 6.07) is 8.49. The van der Waals surface area contributed by atoms with Crippen molar-refractivity contribution in [3.8, 4) is 0 Å². The van der Waals surface area contributed by atoms with Gasteiger partial charge in [-0.2, -0.15) is 0 Å². The fraction of sp³-hybridized carbons (Fsp3) is 0.476.